The lowest BCUT2D eigenvalue weighted by molar-refractivity contribution is 0.443. The van der Waals surface area contributed by atoms with Crippen molar-refractivity contribution in [2.45, 2.75) is 336 Å². The van der Waals surface area contributed by atoms with E-state index in [4.69, 9.17) is 4.99 Å². The minimum atomic E-state index is 0.163. The molecule has 0 N–H and O–H groups in total. The molecular weight excluding hydrogens is 1100 g/mol. The smallest absolute Gasteiger partial charge is 0.0516 e. The summed E-state index contributed by atoms with van der Waals surface area (Å²) in [7, 11) is 0. The van der Waals surface area contributed by atoms with E-state index in [0.717, 1.165) is 38.5 Å². The van der Waals surface area contributed by atoms with Gasteiger partial charge in [0.1, 0.15) is 0 Å². The largest absolute Gasteiger partial charge is 0.265 e. The Morgan fingerprint density at radius 2 is 0.692 bits per heavy atom. The molecule has 7 rings (SSSR count). The molecule has 91 heavy (non-hydrogen) atoms. The molecule has 0 bridgehead atoms. The van der Waals surface area contributed by atoms with Crippen LogP contribution in [0.25, 0.3) is 0 Å². The standard InChI is InChI=1S/3C13H22.3C12H21N.C11H20N2/c2*1-12(2,3)10-7-8-11(9-10)13(4,5)6;1-12(2,3)10-8-7-9-11(10)13(4,5)6;1-11(2,3)9-7-10(13-8-9)12(4,5)6;1-11(2,3)9-7-8-13-10(9)12(4,5)6;1-11(2,3)9-7-8-10(13-9)12(4,5)6;1-10(2,3)8-7-9(13-12-8)11(4,5)6/h7,9H,8H2,1-6H3;7-8H,9H2,1-6H3;8-9H,7H2,1-6H3;2*8H,7H2,1-6H3;7H,8H2,1-6H3;7H2,1-6H3. The number of allylic oxidation sites excluding steroid dienone is 17. The van der Waals surface area contributed by atoms with Crippen LogP contribution >= 0.6 is 0 Å². The molecule has 0 saturated carbocycles. The molecule has 4 aliphatic heterocycles. The monoisotopic (exact) mass is 1250 g/mol. The van der Waals surface area contributed by atoms with Crippen molar-refractivity contribution < 1.29 is 0 Å². The Morgan fingerprint density at radius 1 is 0.297 bits per heavy atom. The van der Waals surface area contributed by atoms with Crippen LogP contribution in [0.3, 0.4) is 0 Å². The molecule has 0 aromatic carbocycles. The summed E-state index contributed by atoms with van der Waals surface area (Å²) in [5.41, 5.74) is 23.5. The van der Waals surface area contributed by atoms with E-state index in [1.54, 1.807) is 27.9 Å². The third kappa shape index (κ3) is 28.9. The summed E-state index contributed by atoms with van der Waals surface area (Å²) in [5.74, 6) is 0. The van der Waals surface area contributed by atoms with Crippen molar-refractivity contribution in [2.24, 2.45) is 101 Å². The molecule has 0 unspecified atom stereocenters. The van der Waals surface area contributed by atoms with Gasteiger partial charge < -0.3 is 0 Å². The molecular formula is C86H149N5. The zero-order valence-corrected chi connectivity index (χ0v) is 68.4. The van der Waals surface area contributed by atoms with E-state index < -0.39 is 0 Å². The second-order valence-electron chi connectivity index (χ2n) is 41.4. The lowest BCUT2D eigenvalue weighted by atomic mass is 9.74. The summed E-state index contributed by atoms with van der Waals surface area (Å²) in [4.78, 5) is 13.7. The average molecular weight is 1250 g/mol. The van der Waals surface area contributed by atoms with E-state index in [1.807, 2.05) is 6.21 Å². The maximum Gasteiger partial charge on any atom is 0.0516 e. The highest BCUT2D eigenvalue weighted by molar-refractivity contribution is 6.11. The molecule has 0 spiro atoms. The minimum absolute atomic E-state index is 0.163. The third-order valence-electron chi connectivity index (χ3n) is 17.8. The fraction of sp³-hybridized carbons (Fsp3) is 0.733. The molecule has 0 aromatic rings. The Balaban J connectivity index is 0.000000531. The summed E-state index contributed by atoms with van der Waals surface area (Å²) in [6.07, 6.45) is 28.0. The quantitative estimate of drug-likeness (QED) is 0.232. The fourth-order valence-corrected chi connectivity index (χ4v) is 10.7. The normalized spacial score (nSPS) is 18.6. The van der Waals surface area contributed by atoms with Crippen molar-refractivity contribution in [3.8, 4) is 0 Å². The Hall–Kier alpha value is -3.99. The van der Waals surface area contributed by atoms with Crippen LogP contribution in [0.15, 0.2) is 130 Å². The summed E-state index contributed by atoms with van der Waals surface area (Å²) in [5, 5.41) is 8.52. The zero-order chi connectivity index (χ0) is 71.9. The molecule has 0 radical (unpaired) electrons. The van der Waals surface area contributed by atoms with E-state index in [-0.39, 0.29) is 43.3 Å². The lowest BCUT2D eigenvalue weighted by Gasteiger charge is -2.31. The maximum atomic E-state index is 4.71. The number of rotatable bonds is 0. The van der Waals surface area contributed by atoms with Crippen molar-refractivity contribution in [3.05, 3.63) is 105 Å². The second-order valence-corrected chi connectivity index (χ2v) is 41.4. The van der Waals surface area contributed by atoms with Gasteiger partial charge in [0, 0.05) is 93.4 Å². The van der Waals surface area contributed by atoms with Crippen LogP contribution < -0.4 is 0 Å². The molecule has 7 aliphatic rings. The zero-order valence-electron chi connectivity index (χ0n) is 68.4. The van der Waals surface area contributed by atoms with Gasteiger partial charge in [0.2, 0.25) is 0 Å². The molecule has 4 heterocycles. The van der Waals surface area contributed by atoms with Crippen molar-refractivity contribution in [1.29, 1.82) is 0 Å². The Morgan fingerprint density at radius 3 is 0.912 bits per heavy atom. The minimum Gasteiger partial charge on any atom is -0.265 e. The van der Waals surface area contributed by atoms with Crippen LogP contribution in [0.4, 0.5) is 0 Å². The number of hydrogen-bond donors (Lipinski definition) is 0. The summed E-state index contributed by atoms with van der Waals surface area (Å²) < 4.78 is 0. The van der Waals surface area contributed by atoms with Crippen molar-refractivity contribution in [2.75, 3.05) is 0 Å². The van der Waals surface area contributed by atoms with Gasteiger partial charge in [-0.15, -0.1) is 0 Å². The lowest BCUT2D eigenvalue weighted by Crippen LogP contribution is -2.25. The number of hydrogen-bond acceptors (Lipinski definition) is 5. The van der Waals surface area contributed by atoms with Gasteiger partial charge in [-0.05, 0) is 90.4 Å². The van der Waals surface area contributed by atoms with Crippen LogP contribution in [0.1, 0.15) is 336 Å². The predicted molar refractivity (Wildman–Crippen MR) is 415 cm³/mol. The third-order valence-corrected chi connectivity index (χ3v) is 17.8. The van der Waals surface area contributed by atoms with Gasteiger partial charge in [-0.2, -0.15) is 10.2 Å². The van der Waals surface area contributed by atoms with E-state index in [0.29, 0.717) is 32.5 Å². The second kappa shape index (κ2) is 30.4. The first-order valence-corrected chi connectivity index (χ1v) is 35.2. The summed E-state index contributed by atoms with van der Waals surface area (Å²) >= 11 is 0. The summed E-state index contributed by atoms with van der Waals surface area (Å²) in [6.45, 7) is 94.6. The van der Waals surface area contributed by atoms with E-state index >= 15 is 0 Å². The van der Waals surface area contributed by atoms with Crippen LogP contribution in [0.5, 0.6) is 0 Å². The van der Waals surface area contributed by atoms with Crippen molar-refractivity contribution in [1.82, 2.24) is 0 Å². The molecule has 3 aliphatic carbocycles. The van der Waals surface area contributed by atoms with Crippen LogP contribution in [0, 0.1) is 75.8 Å². The molecule has 0 atom stereocenters. The molecule has 0 saturated heterocycles. The van der Waals surface area contributed by atoms with Gasteiger partial charge in [-0.25, -0.2) is 0 Å². The maximum absolute atomic E-state index is 4.71. The highest BCUT2D eigenvalue weighted by Crippen LogP contribution is 2.46. The van der Waals surface area contributed by atoms with Gasteiger partial charge in [0.05, 0.1) is 11.4 Å². The number of nitrogens with zero attached hydrogens (tertiary/aromatic N) is 5. The first-order valence-electron chi connectivity index (χ1n) is 35.2. The van der Waals surface area contributed by atoms with E-state index in [1.165, 1.54) is 57.4 Å². The SMILES string of the molecule is CC(C)(C)C1=C(C(C)(C)C)N=CC1.CC(C)(C)C1=CC=C(C(C)(C)C)C1.CC(C)(C)C1=CCC(C(C)(C)C)=C1.CC(C)(C)C1=CCC(C(C)(C)C)=N1.CC(C)(C)C1=CCC=C1C(C)(C)C.CC(C)(C)C1=CN=C(C(C)(C)C)C1.CC(C)(C)C1=NN=C(C(C)(C)C)C1. The first-order chi connectivity index (χ1) is 40.0. The van der Waals surface area contributed by atoms with E-state index in [2.05, 4.69) is 360 Å². The van der Waals surface area contributed by atoms with Gasteiger partial charge in [0.25, 0.3) is 0 Å². The predicted octanol–water partition coefficient (Wildman–Crippen LogP) is 27.7. The van der Waals surface area contributed by atoms with Gasteiger partial charge in [-0.1, -0.05) is 350 Å². The molecule has 0 fully saturated rings. The van der Waals surface area contributed by atoms with Crippen LogP contribution in [-0.4, -0.2) is 29.1 Å². The van der Waals surface area contributed by atoms with Crippen molar-refractivity contribution in [3.63, 3.8) is 0 Å². The van der Waals surface area contributed by atoms with Gasteiger partial charge in [0.15, 0.2) is 0 Å². The molecule has 518 valence electrons. The highest BCUT2D eigenvalue weighted by Gasteiger charge is 2.34. The molecule has 5 nitrogen and oxygen atoms in total. The average Bonchev–Trinajstić information content (AvgIpc) is 2.03. The first kappa shape index (κ1) is 85.0. The molecule has 0 aromatic heterocycles. The Bertz CT molecular complexity index is 2620. The summed E-state index contributed by atoms with van der Waals surface area (Å²) in [6, 6.07) is 0. The molecule has 0 amide bonds. The topological polar surface area (TPSA) is 61.8 Å². The Labute approximate surface area is 567 Å². The Kier molecular flexibility index (Phi) is 28.4. The fourth-order valence-electron chi connectivity index (χ4n) is 10.7. The molecule has 5 heteroatoms. The van der Waals surface area contributed by atoms with E-state index in [9.17, 15) is 0 Å². The van der Waals surface area contributed by atoms with Crippen LogP contribution in [-0.2, 0) is 0 Å². The van der Waals surface area contributed by atoms with Crippen LogP contribution in [0.2, 0.25) is 0 Å². The van der Waals surface area contributed by atoms with Gasteiger partial charge in [-0.3, -0.25) is 15.0 Å². The van der Waals surface area contributed by atoms with Gasteiger partial charge >= 0.3 is 0 Å². The highest BCUT2D eigenvalue weighted by atomic mass is 15.2. The number of aliphatic imine (C=N–C) groups is 3. The van der Waals surface area contributed by atoms with Crippen molar-refractivity contribution >= 4 is 29.1 Å².